The lowest BCUT2D eigenvalue weighted by Gasteiger charge is -2.05. The number of primary amides is 1. The molecule has 19 heavy (non-hydrogen) atoms. The fourth-order valence-electron chi connectivity index (χ4n) is 1.28. The van der Waals surface area contributed by atoms with Gasteiger partial charge >= 0.3 is 5.97 Å². The van der Waals surface area contributed by atoms with Crippen molar-refractivity contribution in [3.8, 4) is 0 Å². The number of nitrogens with one attached hydrogen (secondary N) is 1. The minimum Gasteiger partial charge on any atom is -0.478 e. The van der Waals surface area contributed by atoms with Crippen LogP contribution in [0.15, 0.2) is 24.3 Å². The molecule has 7 heteroatoms. The third-order valence-electron chi connectivity index (χ3n) is 2.17. The van der Waals surface area contributed by atoms with Crippen molar-refractivity contribution in [1.82, 2.24) is 5.32 Å². The predicted molar refractivity (Wildman–Crippen MR) is 65.7 cm³/mol. The van der Waals surface area contributed by atoms with Crippen molar-refractivity contribution < 1.29 is 24.2 Å². The van der Waals surface area contributed by atoms with Crippen LogP contribution in [0.25, 0.3) is 0 Å². The third kappa shape index (κ3) is 5.17. The van der Waals surface area contributed by atoms with Crippen LogP contribution >= 0.6 is 0 Å². The SMILES string of the molecule is NC(=O)COCCNC(=O)c1ccc(C(=O)O)cc1. The van der Waals surface area contributed by atoms with Gasteiger partial charge < -0.3 is 20.9 Å². The minimum atomic E-state index is -1.05. The van der Waals surface area contributed by atoms with Crippen LogP contribution in [0.5, 0.6) is 0 Å². The fraction of sp³-hybridized carbons (Fsp3) is 0.250. The van der Waals surface area contributed by atoms with Crippen LogP contribution in [-0.2, 0) is 9.53 Å². The number of nitrogens with two attached hydrogens (primary N) is 1. The summed E-state index contributed by atoms with van der Waals surface area (Å²) < 4.78 is 4.86. The molecule has 4 N–H and O–H groups in total. The maximum absolute atomic E-state index is 11.6. The summed E-state index contributed by atoms with van der Waals surface area (Å²) in [6.45, 7) is 0.206. The maximum atomic E-state index is 11.6. The van der Waals surface area contributed by atoms with Crippen LogP contribution in [0.1, 0.15) is 20.7 Å². The van der Waals surface area contributed by atoms with E-state index in [2.05, 4.69) is 5.32 Å². The molecule has 0 aliphatic heterocycles. The van der Waals surface area contributed by atoms with E-state index in [1.165, 1.54) is 24.3 Å². The molecule has 0 unspecified atom stereocenters. The number of ether oxygens (including phenoxy) is 1. The van der Waals surface area contributed by atoms with Gasteiger partial charge in [0.2, 0.25) is 5.91 Å². The first-order chi connectivity index (χ1) is 9.00. The summed E-state index contributed by atoms with van der Waals surface area (Å²) in [6.07, 6.45) is 0. The zero-order chi connectivity index (χ0) is 14.3. The Morgan fingerprint density at radius 1 is 1.16 bits per heavy atom. The zero-order valence-electron chi connectivity index (χ0n) is 10.1. The lowest BCUT2D eigenvalue weighted by molar-refractivity contribution is -0.122. The Morgan fingerprint density at radius 2 is 1.74 bits per heavy atom. The summed E-state index contributed by atoms with van der Waals surface area (Å²) in [4.78, 5) is 32.6. The van der Waals surface area contributed by atoms with E-state index in [4.69, 9.17) is 15.6 Å². The van der Waals surface area contributed by atoms with Gasteiger partial charge in [-0.2, -0.15) is 0 Å². The first-order valence-corrected chi connectivity index (χ1v) is 5.48. The van der Waals surface area contributed by atoms with Crippen LogP contribution < -0.4 is 11.1 Å². The van der Waals surface area contributed by atoms with Gasteiger partial charge in [0.05, 0.1) is 12.2 Å². The minimum absolute atomic E-state index is 0.112. The van der Waals surface area contributed by atoms with Gasteiger partial charge in [0.1, 0.15) is 6.61 Å². The first kappa shape index (κ1) is 14.7. The normalized spacial score (nSPS) is 9.89. The molecule has 0 radical (unpaired) electrons. The number of carbonyl (C=O) groups is 3. The number of benzene rings is 1. The van der Waals surface area contributed by atoms with Crippen molar-refractivity contribution in [2.24, 2.45) is 5.73 Å². The summed E-state index contributed by atoms with van der Waals surface area (Å²) in [5.74, 6) is -1.97. The monoisotopic (exact) mass is 266 g/mol. The highest BCUT2D eigenvalue weighted by molar-refractivity contribution is 5.95. The molecular formula is C12H14N2O5. The van der Waals surface area contributed by atoms with E-state index in [-0.39, 0.29) is 31.2 Å². The second-order valence-corrected chi connectivity index (χ2v) is 3.66. The van der Waals surface area contributed by atoms with Gasteiger partial charge in [-0.05, 0) is 24.3 Å². The molecule has 0 aliphatic rings. The van der Waals surface area contributed by atoms with Crippen LogP contribution in [0, 0.1) is 0 Å². The Hall–Kier alpha value is -2.41. The van der Waals surface area contributed by atoms with E-state index < -0.39 is 11.9 Å². The molecule has 1 aromatic carbocycles. The molecular weight excluding hydrogens is 252 g/mol. The van der Waals surface area contributed by atoms with Gasteiger partial charge in [0, 0.05) is 12.1 Å². The largest absolute Gasteiger partial charge is 0.478 e. The number of aromatic carboxylic acids is 1. The first-order valence-electron chi connectivity index (χ1n) is 5.48. The molecule has 7 nitrogen and oxygen atoms in total. The van der Waals surface area contributed by atoms with Crippen LogP contribution in [-0.4, -0.2) is 42.6 Å². The number of hydrogen-bond acceptors (Lipinski definition) is 4. The highest BCUT2D eigenvalue weighted by Crippen LogP contribution is 2.04. The van der Waals surface area contributed by atoms with E-state index in [0.717, 1.165) is 0 Å². The summed E-state index contributed by atoms with van der Waals surface area (Å²) in [6, 6.07) is 5.54. The molecule has 0 aromatic heterocycles. The summed E-state index contributed by atoms with van der Waals surface area (Å²) in [5.41, 5.74) is 5.32. The van der Waals surface area contributed by atoms with Gasteiger partial charge in [0.25, 0.3) is 5.91 Å². The quantitative estimate of drug-likeness (QED) is 0.581. The standard InChI is InChI=1S/C12H14N2O5/c13-10(15)7-19-6-5-14-11(16)8-1-3-9(4-2-8)12(17)18/h1-4H,5-7H2,(H2,13,15)(H,14,16)(H,17,18). The Kier molecular flexibility index (Phi) is 5.49. The fourth-order valence-corrected chi connectivity index (χ4v) is 1.28. The van der Waals surface area contributed by atoms with E-state index in [1.54, 1.807) is 0 Å². The van der Waals surface area contributed by atoms with Crippen molar-refractivity contribution in [2.45, 2.75) is 0 Å². The second-order valence-electron chi connectivity index (χ2n) is 3.66. The lowest BCUT2D eigenvalue weighted by Crippen LogP contribution is -2.28. The number of amides is 2. The highest BCUT2D eigenvalue weighted by atomic mass is 16.5. The molecule has 0 atom stereocenters. The van der Waals surface area contributed by atoms with E-state index in [1.807, 2.05) is 0 Å². The zero-order valence-corrected chi connectivity index (χ0v) is 10.1. The van der Waals surface area contributed by atoms with Gasteiger partial charge in [-0.15, -0.1) is 0 Å². The van der Waals surface area contributed by atoms with Crippen molar-refractivity contribution in [3.05, 3.63) is 35.4 Å². The lowest BCUT2D eigenvalue weighted by atomic mass is 10.1. The van der Waals surface area contributed by atoms with Gasteiger partial charge in [-0.25, -0.2) is 4.79 Å². The van der Waals surface area contributed by atoms with Crippen molar-refractivity contribution >= 4 is 17.8 Å². The smallest absolute Gasteiger partial charge is 0.335 e. The molecule has 1 aromatic rings. The topological polar surface area (TPSA) is 119 Å². The van der Waals surface area contributed by atoms with Crippen molar-refractivity contribution in [3.63, 3.8) is 0 Å². The molecule has 0 aliphatic carbocycles. The van der Waals surface area contributed by atoms with Crippen molar-refractivity contribution in [1.29, 1.82) is 0 Å². The summed E-state index contributed by atoms with van der Waals surface area (Å²) >= 11 is 0. The second kappa shape index (κ2) is 7.12. The van der Waals surface area contributed by atoms with Gasteiger partial charge in [-0.1, -0.05) is 0 Å². The molecule has 102 valence electrons. The molecule has 0 bridgehead atoms. The summed E-state index contributed by atoms with van der Waals surface area (Å²) in [5, 5.41) is 11.3. The molecule has 0 fully saturated rings. The average molecular weight is 266 g/mol. The highest BCUT2D eigenvalue weighted by Gasteiger charge is 2.07. The van der Waals surface area contributed by atoms with Crippen LogP contribution in [0.4, 0.5) is 0 Å². The van der Waals surface area contributed by atoms with Crippen LogP contribution in [0.2, 0.25) is 0 Å². The Balaban J connectivity index is 2.37. The molecule has 0 saturated carbocycles. The van der Waals surface area contributed by atoms with Gasteiger partial charge in [0.15, 0.2) is 0 Å². The van der Waals surface area contributed by atoms with Gasteiger partial charge in [-0.3, -0.25) is 9.59 Å². The molecule has 0 saturated heterocycles. The van der Waals surface area contributed by atoms with E-state index >= 15 is 0 Å². The summed E-state index contributed by atoms with van der Waals surface area (Å²) in [7, 11) is 0. The van der Waals surface area contributed by atoms with Crippen LogP contribution in [0.3, 0.4) is 0 Å². The molecule has 1 rings (SSSR count). The predicted octanol–water partition coefficient (Wildman–Crippen LogP) is -0.383. The third-order valence-corrected chi connectivity index (χ3v) is 2.17. The number of carbonyl (C=O) groups excluding carboxylic acids is 2. The molecule has 0 heterocycles. The average Bonchev–Trinajstić information content (AvgIpc) is 2.37. The number of carboxylic acid groups (broad SMARTS) is 1. The number of carboxylic acids is 1. The molecule has 0 spiro atoms. The number of hydrogen-bond donors (Lipinski definition) is 3. The van der Waals surface area contributed by atoms with Crippen molar-refractivity contribution in [2.75, 3.05) is 19.8 Å². The molecule has 2 amide bonds. The van der Waals surface area contributed by atoms with E-state index in [9.17, 15) is 14.4 Å². The Bertz CT molecular complexity index is 470. The Morgan fingerprint density at radius 3 is 2.26 bits per heavy atom. The van der Waals surface area contributed by atoms with E-state index in [0.29, 0.717) is 5.56 Å². The maximum Gasteiger partial charge on any atom is 0.335 e. The number of rotatable bonds is 7. The Labute approximate surface area is 109 Å².